The minimum absolute atomic E-state index is 0.125. The van der Waals surface area contributed by atoms with Crippen molar-refractivity contribution in [3.63, 3.8) is 0 Å². The van der Waals surface area contributed by atoms with E-state index in [4.69, 9.17) is 4.74 Å². The van der Waals surface area contributed by atoms with Crippen LogP contribution in [0.15, 0.2) is 18.2 Å². The Morgan fingerprint density at radius 3 is 2.81 bits per heavy atom. The molecule has 1 aliphatic heterocycles. The third-order valence-corrected chi connectivity index (χ3v) is 3.79. The number of hydrogen-bond acceptors (Lipinski definition) is 4. The molecular weight excluding hydrogens is 270 g/mol. The average Bonchev–Trinajstić information content (AvgIpc) is 2.93. The van der Waals surface area contributed by atoms with Crippen LogP contribution >= 0.6 is 0 Å². The molecule has 2 atom stereocenters. The predicted molar refractivity (Wildman–Crippen MR) is 76.6 cm³/mol. The molecule has 114 valence electrons. The van der Waals surface area contributed by atoms with Crippen LogP contribution in [-0.2, 0) is 14.3 Å². The van der Waals surface area contributed by atoms with Crippen LogP contribution in [-0.4, -0.2) is 24.6 Å². The normalized spacial score (nSPS) is 19.2. The van der Waals surface area contributed by atoms with Crippen molar-refractivity contribution in [3.05, 3.63) is 29.3 Å². The SMILES string of the molecule is Cc1ccc(C)c(NC(=O)C[C@@H](C(=O)[O-])[C@H]2CCCO2)c1. The highest BCUT2D eigenvalue weighted by molar-refractivity contribution is 5.93. The number of rotatable bonds is 5. The highest BCUT2D eigenvalue weighted by atomic mass is 16.5. The zero-order valence-corrected chi connectivity index (χ0v) is 12.3. The van der Waals surface area contributed by atoms with Gasteiger partial charge in [-0.2, -0.15) is 0 Å². The summed E-state index contributed by atoms with van der Waals surface area (Å²) in [6, 6.07) is 5.75. The molecule has 0 spiro atoms. The molecule has 0 saturated carbocycles. The number of aryl methyl sites for hydroxylation is 2. The lowest BCUT2D eigenvalue weighted by Gasteiger charge is -2.23. The summed E-state index contributed by atoms with van der Waals surface area (Å²) in [5.41, 5.74) is 2.69. The minimum Gasteiger partial charge on any atom is -0.550 e. The molecule has 1 saturated heterocycles. The van der Waals surface area contributed by atoms with Gasteiger partial charge in [-0.1, -0.05) is 12.1 Å². The maximum atomic E-state index is 12.1. The molecule has 1 aliphatic rings. The summed E-state index contributed by atoms with van der Waals surface area (Å²) >= 11 is 0. The monoisotopic (exact) mass is 290 g/mol. The Hall–Kier alpha value is -1.88. The van der Waals surface area contributed by atoms with Crippen molar-refractivity contribution in [2.45, 2.75) is 39.2 Å². The second-order valence-corrected chi connectivity index (χ2v) is 5.55. The minimum atomic E-state index is -1.22. The van der Waals surface area contributed by atoms with Crippen LogP contribution in [0.5, 0.6) is 0 Å². The van der Waals surface area contributed by atoms with Crippen molar-refractivity contribution in [3.8, 4) is 0 Å². The van der Waals surface area contributed by atoms with Gasteiger partial charge in [0.25, 0.3) is 0 Å². The van der Waals surface area contributed by atoms with Gasteiger partial charge in [0.15, 0.2) is 0 Å². The number of ether oxygens (including phenoxy) is 1. The van der Waals surface area contributed by atoms with Gasteiger partial charge in [0.2, 0.25) is 5.91 Å². The van der Waals surface area contributed by atoms with Crippen molar-refractivity contribution < 1.29 is 19.4 Å². The van der Waals surface area contributed by atoms with Crippen molar-refractivity contribution in [2.75, 3.05) is 11.9 Å². The molecule has 0 aliphatic carbocycles. The zero-order valence-electron chi connectivity index (χ0n) is 12.3. The van der Waals surface area contributed by atoms with E-state index in [1.807, 2.05) is 32.0 Å². The molecule has 0 radical (unpaired) electrons. The smallest absolute Gasteiger partial charge is 0.225 e. The molecule has 21 heavy (non-hydrogen) atoms. The van der Waals surface area contributed by atoms with Gasteiger partial charge in [-0.3, -0.25) is 4.79 Å². The number of amides is 1. The van der Waals surface area contributed by atoms with E-state index in [9.17, 15) is 14.7 Å². The second-order valence-electron chi connectivity index (χ2n) is 5.55. The van der Waals surface area contributed by atoms with Gasteiger partial charge in [0.1, 0.15) is 0 Å². The van der Waals surface area contributed by atoms with Crippen LogP contribution in [0.3, 0.4) is 0 Å². The van der Waals surface area contributed by atoms with Crippen LogP contribution in [0, 0.1) is 19.8 Å². The fraction of sp³-hybridized carbons (Fsp3) is 0.500. The van der Waals surface area contributed by atoms with Gasteiger partial charge < -0.3 is 20.0 Å². The average molecular weight is 290 g/mol. The number of nitrogens with one attached hydrogen (secondary N) is 1. The first-order valence-corrected chi connectivity index (χ1v) is 7.17. The first-order chi connectivity index (χ1) is 9.97. The Bertz CT molecular complexity index is 535. The topological polar surface area (TPSA) is 78.5 Å². The third-order valence-electron chi connectivity index (χ3n) is 3.79. The fourth-order valence-electron chi connectivity index (χ4n) is 2.56. The van der Waals surface area contributed by atoms with Crippen molar-refractivity contribution in [2.24, 2.45) is 5.92 Å². The molecule has 0 aromatic heterocycles. The Kier molecular flexibility index (Phi) is 4.96. The number of carbonyl (C=O) groups excluding carboxylic acids is 2. The maximum absolute atomic E-state index is 12.1. The molecule has 1 fully saturated rings. The molecular formula is C16H20NO4-. The molecule has 5 heteroatoms. The van der Waals surface area contributed by atoms with E-state index in [0.717, 1.165) is 17.5 Å². The van der Waals surface area contributed by atoms with Crippen molar-refractivity contribution in [1.82, 2.24) is 0 Å². The zero-order chi connectivity index (χ0) is 15.4. The lowest BCUT2D eigenvalue weighted by molar-refractivity contribution is -0.314. The van der Waals surface area contributed by atoms with E-state index >= 15 is 0 Å². The molecule has 1 heterocycles. The number of hydrogen-bond donors (Lipinski definition) is 1. The number of carboxylic acids is 1. The summed E-state index contributed by atoms with van der Waals surface area (Å²) < 4.78 is 5.37. The van der Waals surface area contributed by atoms with Crippen LogP contribution in [0.2, 0.25) is 0 Å². The second kappa shape index (κ2) is 6.72. The van der Waals surface area contributed by atoms with Gasteiger partial charge in [-0.15, -0.1) is 0 Å². The molecule has 1 aromatic carbocycles. The number of benzene rings is 1. The highest BCUT2D eigenvalue weighted by Gasteiger charge is 2.29. The molecule has 1 aromatic rings. The maximum Gasteiger partial charge on any atom is 0.225 e. The Balaban J connectivity index is 2.02. The fourth-order valence-corrected chi connectivity index (χ4v) is 2.56. The Morgan fingerprint density at radius 2 is 2.19 bits per heavy atom. The van der Waals surface area contributed by atoms with Gasteiger partial charge in [0.05, 0.1) is 6.10 Å². The summed E-state index contributed by atoms with van der Waals surface area (Å²) in [6.07, 6.45) is 0.947. The first-order valence-electron chi connectivity index (χ1n) is 7.17. The van der Waals surface area contributed by atoms with Gasteiger partial charge in [-0.05, 0) is 43.9 Å². The van der Waals surface area contributed by atoms with Crippen LogP contribution < -0.4 is 10.4 Å². The first kappa shape index (κ1) is 15.5. The van der Waals surface area contributed by atoms with E-state index in [1.165, 1.54) is 0 Å². The summed E-state index contributed by atoms with van der Waals surface area (Å²) in [5.74, 6) is -2.44. The van der Waals surface area contributed by atoms with Crippen LogP contribution in [0.25, 0.3) is 0 Å². The standard InChI is InChI=1S/C16H21NO4/c1-10-5-6-11(2)13(8-10)17-15(18)9-12(16(19)20)14-4-3-7-21-14/h5-6,8,12,14H,3-4,7,9H2,1-2H3,(H,17,18)(H,19,20)/p-1/t12-,14-/m1/s1. The van der Waals surface area contributed by atoms with E-state index in [0.29, 0.717) is 18.7 Å². The predicted octanol–water partition coefficient (Wildman–Crippen LogP) is 1.18. The Labute approximate surface area is 124 Å². The largest absolute Gasteiger partial charge is 0.550 e. The van der Waals surface area contributed by atoms with Gasteiger partial charge >= 0.3 is 0 Å². The number of carboxylic acid groups (broad SMARTS) is 1. The third kappa shape index (κ3) is 4.04. The van der Waals surface area contributed by atoms with Crippen LogP contribution in [0.1, 0.15) is 30.4 Å². The van der Waals surface area contributed by atoms with E-state index in [-0.39, 0.29) is 12.3 Å². The summed E-state index contributed by atoms with van der Waals surface area (Å²) in [6.45, 7) is 4.38. The number of aliphatic carboxylic acids is 1. The van der Waals surface area contributed by atoms with E-state index in [2.05, 4.69) is 5.32 Å². The van der Waals surface area contributed by atoms with Gasteiger partial charge in [-0.25, -0.2) is 0 Å². The number of carbonyl (C=O) groups is 2. The van der Waals surface area contributed by atoms with E-state index in [1.54, 1.807) is 0 Å². The summed E-state index contributed by atoms with van der Waals surface area (Å²) in [7, 11) is 0. The molecule has 2 rings (SSSR count). The molecule has 1 amide bonds. The Morgan fingerprint density at radius 1 is 1.43 bits per heavy atom. The molecule has 0 unspecified atom stereocenters. The van der Waals surface area contributed by atoms with Crippen LogP contribution in [0.4, 0.5) is 5.69 Å². The van der Waals surface area contributed by atoms with Crippen molar-refractivity contribution >= 4 is 17.6 Å². The molecule has 5 nitrogen and oxygen atoms in total. The lowest BCUT2D eigenvalue weighted by atomic mass is 9.96. The van der Waals surface area contributed by atoms with Crippen molar-refractivity contribution in [1.29, 1.82) is 0 Å². The van der Waals surface area contributed by atoms with E-state index < -0.39 is 18.0 Å². The highest BCUT2D eigenvalue weighted by Crippen LogP contribution is 2.24. The quantitative estimate of drug-likeness (QED) is 0.883. The molecule has 1 N–H and O–H groups in total. The summed E-state index contributed by atoms with van der Waals surface area (Å²) in [5, 5.41) is 14.0. The summed E-state index contributed by atoms with van der Waals surface area (Å²) in [4.78, 5) is 23.3. The lowest BCUT2D eigenvalue weighted by Crippen LogP contribution is -2.40. The molecule has 0 bridgehead atoms. The van der Waals surface area contributed by atoms with Gasteiger partial charge in [0, 0.05) is 30.6 Å². The number of anilines is 1.